The third-order valence-electron chi connectivity index (χ3n) is 2.70. The zero-order chi connectivity index (χ0) is 10.3. The van der Waals surface area contributed by atoms with Gasteiger partial charge in [-0.2, -0.15) is 0 Å². The third kappa shape index (κ3) is 1.14. The van der Waals surface area contributed by atoms with Gasteiger partial charge in [0.05, 0.1) is 5.56 Å². The molecule has 0 unspecified atom stereocenters. The lowest BCUT2D eigenvalue weighted by atomic mass is 10.2. The number of pyridine rings is 2. The summed E-state index contributed by atoms with van der Waals surface area (Å²) in [6.45, 7) is 0.848. The zero-order valence-electron chi connectivity index (χ0n) is 8.22. The summed E-state index contributed by atoms with van der Waals surface area (Å²) in [7, 11) is 0. The van der Waals surface area contributed by atoms with E-state index in [9.17, 15) is 0 Å². The summed E-state index contributed by atoms with van der Waals surface area (Å²) in [6.07, 6.45) is 9.48. The molecule has 0 saturated heterocycles. The van der Waals surface area contributed by atoms with E-state index in [-0.39, 0.29) is 0 Å². The van der Waals surface area contributed by atoms with Gasteiger partial charge >= 0.3 is 6.67 Å². The molecule has 1 aliphatic heterocycles. The highest BCUT2D eigenvalue weighted by molar-refractivity contribution is 5.48. The minimum Gasteiger partial charge on any atom is -0.133 e. The first-order valence-electron chi connectivity index (χ1n) is 4.87. The molecule has 70 valence electrons. The molecule has 2 aromatic heterocycles. The summed E-state index contributed by atoms with van der Waals surface area (Å²) in [4.78, 5) is 0. The fraction of sp³-hybridized carbons (Fsp3) is 0.0769. The monoisotopic (exact) mass is 194 g/mol. The Labute approximate surface area is 88.4 Å². The molecule has 0 fully saturated rings. The molecule has 0 aromatic carbocycles. The summed E-state index contributed by atoms with van der Waals surface area (Å²) < 4.78 is 4.38. The number of hydrogen-bond acceptors (Lipinski definition) is 0. The van der Waals surface area contributed by atoms with Gasteiger partial charge in [-0.25, -0.2) is 0 Å². The highest BCUT2D eigenvalue weighted by Crippen LogP contribution is 2.14. The van der Waals surface area contributed by atoms with Crippen molar-refractivity contribution >= 4 is 0 Å². The van der Waals surface area contributed by atoms with Gasteiger partial charge in [0.1, 0.15) is 0 Å². The van der Waals surface area contributed by atoms with Crippen molar-refractivity contribution in [1.82, 2.24) is 0 Å². The van der Waals surface area contributed by atoms with Gasteiger partial charge in [0, 0.05) is 18.2 Å². The molecule has 15 heavy (non-hydrogen) atoms. The second kappa shape index (κ2) is 2.93. The van der Waals surface area contributed by atoms with Crippen LogP contribution in [0.3, 0.4) is 0 Å². The lowest BCUT2D eigenvalue weighted by molar-refractivity contribution is -0.877. The van der Waals surface area contributed by atoms with Crippen LogP contribution in [-0.2, 0) is 6.67 Å². The van der Waals surface area contributed by atoms with Crippen LogP contribution in [0.25, 0.3) is 11.4 Å². The number of terminal acetylenes is 1. The van der Waals surface area contributed by atoms with Crippen molar-refractivity contribution < 1.29 is 9.13 Å². The van der Waals surface area contributed by atoms with Crippen molar-refractivity contribution in [3.8, 4) is 23.7 Å². The van der Waals surface area contributed by atoms with E-state index in [0.717, 1.165) is 12.2 Å². The molecule has 2 nitrogen and oxygen atoms in total. The first-order chi connectivity index (χ1) is 7.38. The molecule has 3 heterocycles. The summed E-state index contributed by atoms with van der Waals surface area (Å²) >= 11 is 0. The van der Waals surface area contributed by atoms with Crippen molar-refractivity contribution in [1.29, 1.82) is 0 Å². The number of rotatable bonds is 0. The largest absolute Gasteiger partial charge is 0.345 e. The standard InChI is InChI=1S/C13H10N2/c1-2-11-6-7-13-12-5-3-4-8-14(12)10-15(13)9-11/h1,3-9H,10H2/q+2. The first-order valence-corrected chi connectivity index (χ1v) is 4.87. The molecule has 2 heteroatoms. The third-order valence-corrected chi connectivity index (χ3v) is 2.70. The Bertz CT molecular complexity index is 579. The molecular weight excluding hydrogens is 184 g/mol. The van der Waals surface area contributed by atoms with Gasteiger partial charge in [0.25, 0.3) is 11.4 Å². The molecule has 0 spiro atoms. The molecule has 3 rings (SSSR count). The molecule has 0 bridgehead atoms. The molecule has 0 atom stereocenters. The summed E-state index contributed by atoms with van der Waals surface area (Å²) in [6, 6.07) is 10.3. The molecule has 1 aliphatic rings. The Morgan fingerprint density at radius 3 is 2.80 bits per heavy atom. The van der Waals surface area contributed by atoms with E-state index in [2.05, 4.69) is 39.5 Å². The van der Waals surface area contributed by atoms with E-state index < -0.39 is 0 Å². The molecule has 0 aliphatic carbocycles. The second-order valence-electron chi connectivity index (χ2n) is 3.61. The van der Waals surface area contributed by atoms with Crippen LogP contribution in [0.2, 0.25) is 0 Å². The van der Waals surface area contributed by atoms with Crippen LogP contribution in [0.1, 0.15) is 5.56 Å². The summed E-state index contributed by atoms with van der Waals surface area (Å²) in [5, 5.41) is 0. The van der Waals surface area contributed by atoms with Gasteiger partial charge in [-0.15, -0.1) is 15.6 Å². The van der Waals surface area contributed by atoms with Crippen LogP contribution in [-0.4, -0.2) is 0 Å². The van der Waals surface area contributed by atoms with Crippen molar-refractivity contribution in [3.05, 3.63) is 48.3 Å². The SMILES string of the molecule is C#Cc1ccc2[n+](c1)C[n+]1ccccc1-2. The first kappa shape index (κ1) is 8.19. The fourth-order valence-corrected chi connectivity index (χ4v) is 1.98. The minimum absolute atomic E-state index is 0.848. The zero-order valence-corrected chi connectivity index (χ0v) is 8.22. The maximum Gasteiger partial charge on any atom is 0.345 e. The van der Waals surface area contributed by atoms with Crippen LogP contribution in [0.4, 0.5) is 0 Å². The van der Waals surface area contributed by atoms with E-state index in [0.29, 0.717) is 0 Å². The highest BCUT2D eigenvalue weighted by atomic mass is 15.2. The lowest BCUT2D eigenvalue weighted by Crippen LogP contribution is -2.45. The van der Waals surface area contributed by atoms with Gasteiger partial charge in [-0.3, -0.25) is 0 Å². The van der Waals surface area contributed by atoms with E-state index >= 15 is 0 Å². The maximum absolute atomic E-state index is 5.38. The molecule has 2 aromatic rings. The molecular formula is C13H10N2+2. The smallest absolute Gasteiger partial charge is 0.133 e. The van der Waals surface area contributed by atoms with Gasteiger partial charge in [-0.1, -0.05) is 5.92 Å². The predicted molar refractivity (Wildman–Crippen MR) is 55.6 cm³/mol. The Balaban J connectivity index is 2.23. The topological polar surface area (TPSA) is 7.76 Å². The second-order valence-corrected chi connectivity index (χ2v) is 3.61. The fourth-order valence-electron chi connectivity index (χ4n) is 1.98. The average molecular weight is 194 g/mol. The Hall–Kier alpha value is -2.14. The van der Waals surface area contributed by atoms with E-state index in [1.165, 1.54) is 11.4 Å². The lowest BCUT2D eigenvalue weighted by Gasteiger charge is -1.88. The summed E-state index contributed by atoms with van der Waals surface area (Å²) in [5.74, 6) is 2.65. The van der Waals surface area contributed by atoms with Crippen molar-refractivity contribution in [3.63, 3.8) is 0 Å². The van der Waals surface area contributed by atoms with Gasteiger partial charge in [0.2, 0.25) is 0 Å². The van der Waals surface area contributed by atoms with Crippen LogP contribution < -0.4 is 9.13 Å². The van der Waals surface area contributed by atoms with Crippen LogP contribution in [0.15, 0.2) is 42.7 Å². The summed E-state index contributed by atoms with van der Waals surface area (Å²) in [5.41, 5.74) is 3.38. The molecule has 0 amide bonds. The molecule has 0 saturated carbocycles. The van der Waals surface area contributed by atoms with Crippen LogP contribution >= 0.6 is 0 Å². The quantitative estimate of drug-likeness (QED) is 0.368. The van der Waals surface area contributed by atoms with Crippen molar-refractivity contribution in [2.24, 2.45) is 0 Å². The highest BCUT2D eigenvalue weighted by Gasteiger charge is 2.32. The number of hydrogen-bond donors (Lipinski definition) is 0. The number of fused-ring (bicyclic) bond motifs is 3. The normalized spacial score (nSPS) is 11.7. The maximum atomic E-state index is 5.38. The van der Waals surface area contributed by atoms with Crippen LogP contribution in [0.5, 0.6) is 0 Å². The van der Waals surface area contributed by atoms with Crippen LogP contribution in [0, 0.1) is 12.3 Å². The number of aromatic nitrogens is 2. The molecule has 0 N–H and O–H groups in total. The van der Waals surface area contributed by atoms with E-state index in [1.54, 1.807) is 0 Å². The van der Waals surface area contributed by atoms with Gasteiger partial charge in [-0.05, 0) is 12.1 Å². The predicted octanol–water partition coefficient (Wildman–Crippen LogP) is 0.729. The molecule has 0 radical (unpaired) electrons. The van der Waals surface area contributed by atoms with E-state index in [4.69, 9.17) is 6.42 Å². The Morgan fingerprint density at radius 1 is 1.07 bits per heavy atom. The Kier molecular flexibility index (Phi) is 1.60. The van der Waals surface area contributed by atoms with Crippen molar-refractivity contribution in [2.45, 2.75) is 6.67 Å². The van der Waals surface area contributed by atoms with E-state index in [1.807, 2.05) is 18.3 Å². The van der Waals surface area contributed by atoms with Crippen molar-refractivity contribution in [2.75, 3.05) is 0 Å². The minimum atomic E-state index is 0.848. The average Bonchev–Trinajstić information content (AvgIpc) is 2.66. The number of nitrogens with zero attached hydrogens (tertiary/aromatic N) is 2. The van der Waals surface area contributed by atoms with Gasteiger partial charge < -0.3 is 0 Å². The van der Waals surface area contributed by atoms with Gasteiger partial charge in [0.15, 0.2) is 12.4 Å². The Morgan fingerprint density at radius 2 is 1.93 bits per heavy atom.